The zero-order valence-electron chi connectivity index (χ0n) is 11.6. The summed E-state index contributed by atoms with van der Waals surface area (Å²) in [5, 5.41) is 11.6. The molecule has 0 aliphatic heterocycles. The molecular formula is C14H19NO4S. The van der Waals surface area contributed by atoms with E-state index in [0.717, 1.165) is 4.90 Å². The van der Waals surface area contributed by atoms with Crippen LogP contribution in [0.3, 0.4) is 0 Å². The number of carbonyl (C=O) groups excluding carboxylic acids is 1. The Morgan fingerprint density at radius 3 is 2.50 bits per heavy atom. The van der Waals surface area contributed by atoms with Crippen molar-refractivity contribution >= 4 is 23.6 Å². The number of rotatable bonds is 8. The molecule has 0 fully saturated rings. The molecule has 6 heteroatoms. The first-order valence-corrected chi connectivity index (χ1v) is 7.47. The minimum atomic E-state index is -1.03. The summed E-state index contributed by atoms with van der Waals surface area (Å²) in [6, 6.07) is 6.16. The molecule has 0 aliphatic rings. The van der Waals surface area contributed by atoms with Gasteiger partial charge in [-0.05, 0) is 43.4 Å². The van der Waals surface area contributed by atoms with Gasteiger partial charge in [-0.3, -0.25) is 4.79 Å². The standard InChI is InChI=1S/C14H19NO4S/c1-19-9-3-4-12(14(17)18)15-13(16)10-5-7-11(20-2)8-6-10/h5-8,12H,3-4,9H2,1-2H3,(H,15,16)(H,17,18). The predicted molar refractivity (Wildman–Crippen MR) is 78.2 cm³/mol. The fourth-order valence-electron chi connectivity index (χ4n) is 1.67. The van der Waals surface area contributed by atoms with Crippen molar-refractivity contribution in [2.75, 3.05) is 20.0 Å². The number of ether oxygens (including phenoxy) is 1. The van der Waals surface area contributed by atoms with E-state index in [1.807, 2.05) is 18.4 Å². The SMILES string of the molecule is COCCCC(NC(=O)c1ccc(SC)cc1)C(=O)O. The van der Waals surface area contributed by atoms with Crippen molar-refractivity contribution in [1.29, 1.82) is 0 Å². The maximum absolute atomic E-state index is 12.0. The lowest BCUT2D eigenvalue weighted by Crippen LogP contribution is -2.40. The Morgan fingerprint density at radius 2 is 2.00 bits per heavy atom. The second-order valence-corrected chi connectivity index (χ2v) is 5.11. The first kappa shape index (κ1) is 16.5. The summed E-state index contributed by atoms with van der Waals surface area (Å²) >= 11 is 1.58. The fourth-order valence-corrected chi connectivity index (χ4v) is 2.08. The largest absolute Gasteiger partial charge is 0.480 e. The van der Waals surface area contributed by atoms with Crippen molar-refractivity contribution in [2.45, 2.75) is 23.8 Å². The van der Waals surface area contributed by atoms with Gasteiger partial charge in [0.1, 0.15) is 6.04 Å². The smallest absolute Gasteiger partial charge is 0.326 e. The molecule has 1 unspecified atom stereocenters. The Hall–Kier alpha value is -1.53. The van der Waals surface area contributed by atoms with Crippen LogP contribution in [0.25, 0.3) is 0 Å². The quantitative estimate of drug-likeness (QED) is 0.567. The van der Waals surface area contributed by atoms with Gasteiger partial charge in [-0.25, -0.2) is 4.79 Å². The molecule has 0 aromatic heterocycles. The molecule has 1 amide bonds. The molecule has 0 heterocycles. The lowest BCUT2D eigenvalue weighted by Gasteiger charge is -2.14. The minimum absolute atomic E-state index is 0.345. The van der Waals surface area contributed by atoms with E-state index in [-0.39, 0.29) is 5.91 Å². The number of carboxylic acids is 1. The summed E-state index contributed by atoms with van der Waals surface area (Å²) in [5.74, 6) is -1.40. The molecule has 110 valence electrons. The Balaban J connectivity index is 2.62. The summed E-state index contributed by atoms with van der Waals surface area (Å²) in [7, 11) is 1.56. The van der Waals surface area contributed by atoms with Gasteiger partial charge in [0.2, 0.25) is 0 Å². The van der Waals surface area contributed by atoms with Gasteiger partial charge in [-0.1, -0.05) is 0 Å². The zero-order valence-corrected chi connectivity index (χ0v) is 12.4. The van der Waals surface area contributed by atoms with Crippen LogP contribution in [0.15, 0.2) is 29.2 Å². The van der Waals surface area contributed by atoms with Crippen molar-refractivity contribution in [3.63, 3.8) is 0 Å². The van der Waals surface area contributed by atoms with Crippen molar-refractivity contribution in [2.24, 2.45) is 0 Å². The Morgan fingerprint density at radius 1 is 1.35 bits per heavy atom. The van der Waals surface area contributed by atoms with E-state index in [2.05, 4.69) is 5.32 Å². The number of carbonyl (C=O) groups is 2. The Labute approximate surface area is 122 Å². The van der Waals surface area contributed by atoms with Crippen molar-refractivity contribution in [3.05, 3.63) is 29.8 Å². The van der Waals surface area contributed by atoms with Crippen LogP contribution < -0.4 is 5.32 Å². The third-order valence-corrected chi connectivity index (χ3v) is 3.54. The number of hydrogen-bond donors (Lipinski definition) is 2. The highest BCUT2D eigenvalue weighted by Gasteiger charge is 2.20. The number of amides is 1. The zero-order chi connectivity index (χ0) is 15.0. The van der Waals surface area contributed by atoms with Crippen LogP contribution in [0.4, 0.5) is 0 Å². The average molecular weight is 297 g/mol. The van der Waals surface area contributed by atoms with E-state index >= 15 is 0 Å². The van der Waals surface area contributed by atoms with E-state index in [0.29, 0.717) is 25.0 Å². The van der Waals surface area contributed by atoms with E-state index in [1.54, 1.807) is 31.0 Å². The summed E-state index contributed by atoms with van der Waals surface area (Å²) in [6.07, 6.45) is 2.88. The fraction of sp³-hybridized carbons (Fsp3) is 0.429. The van der Waals surface area contributed by atoms with Crippen LogP contribution in [-0.4, -0.2) is 43.0 Å². The number of thioether (sulfide) groups is 1. The van der Waals surface area contributed by atoms with Crippen LogP contribution in [-0.2, 0) is 9.53 Å². The number of benzene rings is 1. The highest BCUT2D eigenvalue weighted by atomic mass is 32.2. The third kappa shape index (κ3) is 5.22. The number of nitrogens with one attached hydrogen (secondary N) is 1. The third-order valence-electron chi connectivity index (χ3n) is 2.80. The van der Waals surface area contributed by atoms with Gasteiger partial charge in [0.15, 0.2) is 0 Å². The molecule has 1 atom stereocenters. The van der Waals surface area contributed by atoms with Crippen molar-refractivity contribution in [1.82, 2.24) is 5.32 Å². The van der Waals surface area contributed by atoms with Crippen LogP contribution >= 0.6 is 11.8 Å². The van der Waals surface area contributed by atoms with Gasteiger partial charge < -0.3 is 15.2 Å². The minimum Gasteiger partial charge on any atom is -0.480 e. The molecule has 0 spiro atoms. The number of carboxylic acid groups (broad SMARTS) is 1. The topological polar surface area (TPSA) is 75.6 Å². The number of hydrogen-bond acceptors (Lipinski definition) is 4. The van der Waals surface area contributed by atoms with Crippen molar-refractivity contribution in [3.8, 4) is 0 Å². The Bertz CT molecular complexity index is 447. The van der Waals surface area contributed by atoms with E-state index < -0.39 is 12.0 Å². The Kier molecular flexibility index (Phi) is 7.11. The van der Waals surface area contributed by atoms with E-state index in [9.17, 15) is 9.59 Å². The van der Waals surface area contributed by atoms with Crippen LogP contribution in [0.2, 0.25) is 0 Å². The van der Waals surface area contributed by atoms with Gasteiger partial charge in [-0.15, -0.1) is 11.8 Å². The summed E-state index contributed by atoms with van der Waals surface area (Å²) in [5.41, 5.74) is 0.459. The molecule has 0 radical (unpaired) electrons. The summed E-state index contributed by atoms with van der Waals surface area (Å²) in [6.45, 7) is 0.474. The highest BCUT2D eigenvalue weighted by molar-refractivity contribution is 7.98. The number of methoxy groups -OCH3 is 1. The maximum Gasteiger partial charge on any atom is 0.326 e. The van der Waals surface area contributed by atoms with Gasteiger partial charge >= 0.3 is 5.97 Å². The molecule has 1 aromatic rings. The van der Waals surface area contributed by atoms with Gasteiger partial charge in [0.05, 0.1) is 0 Å². The summed E-state index contributed by atoms with van der Waals surface area (Å²) < 4.78 is 4.88. The molecule has 2 N–H and O–H groups in total. The van der Waals surface area contributed by atoms with Crippen molar-refractivity contribution < 1.29 is 19.4 Å². The monoisotopic (exact) mass is 297 g/mol. The molecule has 1 aromatic carbocycles. The van der Waals surface area contributed by atoms with Gasteiger partial charge in [0.25, 0.3) is 5.91 Å². The normalized spacial score (nSPS) is 11.9. The maximum atomic E-state index is 12.0. The van der Waals surface area contributed by atoms with Gasteiger partial charge in [-0.2, -0.15) is 0 Å². The lowest BCUT2D eigenvalue weighted by molar-refractivity contribution is -0.139. The van der Waals surface area contributed by atoms with E-state index in [1.165, 1.54) is 0 Å². The highest BCUT2D eigenvalue weighted by Crippen LogP contribution is 2.15. The average Bonchev–Trinajstić information content (AvgIpc) is 2.46. The van der Waals surface area contributed by atoms with Crippen LogP contribution in [0, 0.1) is 0 Å². The lowest BCUT2D eigenvalue weighted by atomic mass is 10.1. The first-order valence-electron chi connectivity index (χ1n) is 6.25. The molecule has 1 rings (SSSR count). The van der Waals surface area contributed by atoms with Crippen LogP contribution in [0.1, 0.15) is 23.2 Å². The van der Waals surface area contributed by atoms with E-state index in [4.69, 9.17) is 9.84 Å². The molecular weight excluding hydrogens is 278 g/mol. The van der Waals surface area contributed by atoms with Crippen LogP contribution in [0.5, 0.6) is 0 Å². The molecule has 0 saturated carbocycles. The molecule has 0 saturated heterocycles. The molecule has 0 bridgehead atoms. The molecule has 0 aliphatic carbocycles. The second-order valence-electron chi connectivity index (χ2n) is 4.23. The number of aliphatic carboxylic acids is 1. The molecule has 20 heavy (non-hydrogen) atoms. The first-order chi connectivity index (χ1) is 9.58. The summed E-state index contributed by atoms with van der Waals surface area (Å²) in [4.78, 5) is 24.1. The van der Waals surface area contributed by atoms with Gasteiger partial charge in [0, 0.05) is 24.2 Å². The second kappa shape index (κ2) is 8.60. The predicted octanol–water partition coefficient (Wildman–Crippen LogP) is 2.02. The molecule has 5 nitrogen and oxygen atoms in total.